The van der Waals surface area contributed by atoms with E-state index >= 15 is 0 Å². The van der Waals surface area contributed by atoms with Crippen LogP contribution in [0.3, 0.4) is 0 Å². The smallest absolute Gasteiger partial charge is 0.253 e. The number of hydrogen-bond acceptors (Lipinski definition) is 1. The molecular weight excluding hydrogens is 114 g/mol. The van der Waals surface area contributed by atoms with Crippen molar-refractivity contribution in [1.82, 2.24) is 0 Å². The van der Waals surface area contributed by atoms with E-state index in [1.54, 1.807) is 0 Å². The first-order valence-corrected chi connectivity index (χ1v) is 2.55. The number of alkyl halides is 2. The molecule has 48 valence electrons. The molecule has 0 unspecified atom stereocenters. The Morgan fingerprint density at radius 2 is 2.00 bits per heavy atom. The maximum Gasteiger partial charge on any atom is 0.253 e. The van der Waals surface area contributed by atoms with Gasteiger partial charge in [-0.05, 0) is 0 Å². The van der Waals surface area contributed by atoms with Gasteiger partial charge in [0.15, 0.2) is 0 Å². The van der Waals surface area contributed by atoms with Crippen molar-refractivity contribution in [3.05, 3.63) is 0 Å². The Morgan fingerprint density at radius 1 is 1.50 bits per heavy atom. The van der Waals surface area contributed by atoms with Gasteiger partial charge in [-0.2, -0.15) is 0 Å². The zero-order chi connectivity index (χ0) is 6.20. The van der Waals surface area contributed by atoms with Crippen LogP contribution in [0.15, 0.2) is 0 Å². The lowest BCUT2D eigenvalue weighted by Gasteiger charge is -2.33. The van der Waals surface area contributed by atoms with E-state index in [1.807, 2.05) is 0 Å². The van der Waals surface area contributed by atoms with E-state index in [2.05, 4.69) is 4.74 Å². The molecule has 0 saturated heterocycles. The summed E-state index contributed by atoms with van der Waals surface area (Å²) in [6, 6.07) is 0. The minimum absolute atomic E-state index is 0.0938. The van der Waals surface area contributed by atoms with Crippen molar-refractivity contribution in [3.8, 4) is 0 Å². The van der Waals surface area contributed by atoms with E-state index in [0.717, 1.165) is 0 Å². The zero-order valence-corrected chi connectivity index (χ0v) is 4.66. The lowest BCUT2D eigenvalue weighted by Crippen LogP contribution is -2.40. The van der Waals surface area contributed by atoms with Gasteiger partial charge in [0.25, 0.3) is 5.92 Å². The lowest BCUT2D eigenvalue weighted by atomic mass is 9.91. The summed E-state index contributed by atoms with van der Waals surface area (Å²) in [7, 11) is 1.46. The summed E-state index contributed by atoms with van der Waals surface area (Å²) < 4.78 is 28.4. The summed E-state index contributed by atoms with van der Waals surface area (Å²) in [6.45, 7) is 0. The van der Waals surface area contributed by atoms with Crippen LogP contribution in [0.25, 0.3) is 0 Å². The molecule has 8 heavy (non-hydrogen) atoms. The van der Waals surface area contributed by atoms with E-state index in [9.17, 15) is 8.78 Å². The SMILES string of the molecule is COC1CC(F)(F)C1. The first-order valence-electron chi connectivity index (χ1n) is 2.55. The van der Waals surface area contributed by atoms with Gasteiger partial charge in [0.05, 0.1) is 6.10 Å². The Balaban J connectivity index is 2.21. The second kappa shape index (κ2) is 1.65. The molecular formula is C5H8F2O. The van der Waals surface area contributed by atoms with Crippen molar-refractivity contribution in [2.24, 2.45) is 0 Å². The minimum Gasteiger partial charge on any atom is -0.381 e. The molecule has 0 aromatic rings. The molecule has 0 bridgehead atoms. The fraction of sp³-hybridized carbons (Fsp3) is 1.00. The van der Waals surface area contributed by atoms with E-state index in [1.165, 1.54) is 7.11 Å². The second-order valence-electron chi connectivity index (χ2n) is 2.12. The highest BCUT2D eigenvalue weighted by Gasteiger charge is 2.45. The summed E-state index contributed by atoms with van der Waals surface area (Å²) >= 11 is 0. The third-order valence-corrected chi connectivity index (χ3v) is 1.39. The Kier molecular flexibility index (Phi) is 1.23. The molecule has 3 heteroatoms. The fourth-order valence-corrected chi connectivity index (χ4v) is 0.773. The van der Waals surface area contributed by atoms with Gasteiger partial charge >= 0.3 is 0 Å². The number of rotatable bonds is 1. The van der Waals surface area contributed by atoms with Crippen LogP contribution in [0.1, 0.15) is 12.8 Å². The monoisotopic (exact) mass is 122 g/mol. The third-order valence-electron chi connectivity index (χ3n) is 1.39. The first kappa shape index (κ1) is 5.95. The predicted molar refractivity (Wildman–Crippen MR) is 25.0 cm³/mol. The van der Waals surface area contributed by atoms with Crippen LogP contribution < -0.4 is 0 Å². The molecule has 0 radical (unpaired) electrons. The molecule has 0 N–H and O–H groups in total. The highest BCUT2D eigenvalue weighted by atomic mass is 19.3. The van der Waals surface area contributed by atoms with Gasteiger partial charge in [-0.25, -0.2) is 8.78 Å². The van der Waals surface area contributed by atoms with Crippen LogP contribution in [-0.2, 0) is 4.74 Å². The molecule has 1 fully saturated rings. The topological polar surface area (TPSA) is 9.23 Å². The molecule has 0 amide bonds. The number of methoxy groups -OCH3 is 1. The maximum atomic E-state index is 11.9. The van der Waals surface area contributed by atoms with E-state index < -0.39 is 5.92 Å². The standard InChI is InChI=1S/C5H8F2O/c1-8-4-2-5(6,7)3-4/h4H,2-3H2,1H3. The van der Waals surface area contributed by atoms with Crippen molar-refractivity contribution >= 4 is 0 Å². The lowest BCUT2D eigenvalue weighted by molar-refractivity contribution is -0.155. The van der Waals surface area contributed by atoms with Crippen LogP contribution in [0, 0.1) is 0 Å². The van der Waals surface area contributed by atoms with Gasteiger partial charge in [-0.15, -0.1) is 0 Å². The van der Waals surface area contributed by atoms with Crippen LogP contribution >= 0.6 is 0 Å². The summed E-state index contributed by atoms with van der Waals surface area (Å²) in [5.41, 5.74) is 0. The second-order valence-corrected chi connectivity index (χ2v) is 2.12. The number of halogens is 2. The summed E-state index contributed by atoms with van der Waals surface area (Å²) in [5, 5.41) is 0. The Hall–Kier alpha value is -0.180. The molecule has 0 atom stereocenters. The molecule has 0 aromatic carbocycles. The van der Waals surface area contributed by atoms with Crippen LogP contribution in [0.5, 0.6) is 0 Å². The predicted octanol–water partition coefficient (Wildman–Crippen LogP) is 1.43. The molecule has 1 aliphatic rings. The normalized spacial score (nSPS) is 27.4. The molecule has 0 heterocycles. The number of hydrogen-bond donors (Lipinski definition) is 0. The van der Waals surface area contributed by atoms with Gasteiger partial charge in [0, 0.05) is 20.0 Å². The Bertz CT molecular complexity index is 84.4. The Labute approximate surface area is 46.6 Å². The van der Waals surface area contributed by atoms with Gasteiger partial charge in [-0.3, -0.25) is 0 Å². The van der Waals surface area contributed by atoms with E-state index in [-0.39, 0.29) is 18.9 Å². The average Bonchev–Trinajstić information content (AvgIpc) is 1.60. The average molecular weight is 122 g/mol. The van der Waals surface area contributed by atoms with Crippen LogP contribution in [0.4, 0.5) is 8.78 Å². The molecule has 0 spiro atoms. The fourth-order valence-electron chi connectivity index (χ4n) is 0.773. The quantitative estimate of drug-likeness (QED) is 0.511. The molecule has 0 aromatic heterocycles. The molecule has 1 aliphatic carbocycles. The van der Waals surface area contributed by atoms with Crippen molar-refractivity contribution < 1.29 is 13.5 Å². The van der Waals surface area contributed by atoms with Crippen LogP contribution in [0.2, 0.25) is 0 Å². The van der Waals surface area contributed by atoms with Gasteiger partial charge in [0.1, 0.15) is 0 Å². The zero-order valence-electron chi connectivity index (χ0n) is 4.66. The van der Waals surface area contributed by atoms with Crippen molar-refractivity contribution in [1.29, 1.82) is 0 Å². The number of ether oxygens (including phenoxy) is 1. The highest BCUT2D eigenvalue weighted by molar-refractivity contribution is 4.86. The highest BCUT2D eigenvalue weighted by Crippen LogP contribution is 2.38. The first-order chi connectivity index (χ1) is 3.64. The van der Waals surface area contributed by atoms with Crippen LogP contribution in [-0.4, -0.2) is 19.1 Å². The van der Waals surface area contributed by atoms with E-state index in [4.69, 9.17) is 0 Å². The van der Waals surface area contributed by atoms with Crippen molar-refractivity contribution in [2.75, 3.05) is 7.11 Å². The van der Waals surface area contributed by atoms with Crippen molar-refractivity contribution in [3.63, 3.8) is 0 Å². The van der Waals surface area contributed by atoms with Gasteiger partial charge < -0.3 is 4.74 Å². The molecule has 1 rings (SSSR count). The van der Waals surface area contributed by atoms with E-state index in [0.29, 0.717) is 0 Å². The molecule has 1 nitrogen and oxygen atoms in total. The van der Waals surface area contributed by atoms with Gasteiger partial charge in [0.2, 0.25) is 0 Å². The maximum absolute atomic E-state index is 11.9. The third kappa shape index (κ3) is 0.968. The molecule has 1 saturated carbocycles. The largest absolute Gasteiger partial charge is 0.381 e. The summed E-state index contributed by atoms with van der Waals surface area (Å²) in [6.07, 6.45) is -0.377. The van der Waals surface area contributed by atoms with Crippen molar-refractivity contribution in [2.45, 2.75) is 24.9 Å². The summed E-state index contributed by atoms with van der Waals surface area (Å²) in [4.78, 5) is 0. The summed E-state index contributed by atoms with van der Waals surface area (Å²) in [5.74, 6) is -2.43. The Morgan fingerprint density at radius 3 is 2.12 bits per heavy atom. The molecule has 0 aliphatic heterocycles. The van der Waals surface area contributed by atoms with Gasteiger partial charge in [-0.1, -0.05) is 0 Å². The minimum atomic E-state index is -2.43.